The lowest BCUT2D eigenvalue weighted by atomic mass is 10.2. The standard InChI is InChI=1S/C10H17N3/c1-12-5-7-13(8-6-12)10-3-2-4-11-9-10/h4,9H,2-3,5-8H2,1H3. The van der Waals surface area contributed by atoms with Gasteiger partial charge in [0.15, 0.2) is 0 Å². The van der Waals surface area contributed by atoms with Crippen LogP contribution < -0.4 is 0 Å². The van der Waals surface area contributed by atoms with Gasteiger partial charge in [-0.25, -0.2) is 0 Å². The first-order valence-electron chi connectivity index (χ1n) is 5.00. The van der Waals surface area contributed by atoms with Gasteiger partial charge >= 0.3 is 0 Å². The van der Waals surface area contributed by atoms with Crippen LogP contribution in [0.4, 0.5) is 0 Å². The Labute approximate surface area is 79.7 Å². The van der Waals surface area contributed by atoms with Gasteiger partial charge in [-0.2, -0.15) is 0 Å². The number of hydrogen-bond donors (Lipinski definition) is 0. The number of piperazine rings is 1. The Morgan fingerprint density at radius 2 is 2.00 bits per heavy atom. The van der Waals surface area contributed by atoms with Gasteiger partial charge in [-0.1, -0.05) is 0 Å². The summed E-state index contributed by atoms with van der Waals surface area (Å²) in [5.41, 5.74) is 1.43. The fourth-order valence-corrected chi connectivity index (χ4v) is 1.82. The molecule has 3 heteroatoms. The van der Waals surface area contributed by atoms with Crippen molar-refractivity contribution in [2.45, 2.75) is 12.8 Å². The fourth-order valence-electron chi connectivity index (χ4n) is 1.82. The number of aliphatic imine (C=N–C) groups is 1. The Kier molecular flexibility index (Phi) is 2.64. The van der Waals surface area contributed by atoms with Gasteiger partial charge in [-0.3, -0.25) is 4.99 Å². The summed E-state index contributed by atoms with van der Waals surface area (Å²) in [4.78, 5) is 9.06. The monoisotopic (exact) mass is 179 g/mol. The maximum atomic E-state index is 4.21. The predicted molar refractivity (Wildman–Crippen MR) is 54.9 cm³/mol. The van der Waals surface area contributed by atoms with Gasteiger partial charge in [-0.05, 0) is 19.9 Å². The molecule has 0 unspecified atom stereocenters. The first-order chi connectivity index (χ1) is 6.36. The summed E-state index contributed by atoms with van der Waals surface area (Å²) in [6.07, 6.45) is 6.31. The number of rotatable bonds is 1. The van der Waals surface area contributed by atoms with Gasteiger partial charge in [0.2, 0.25) is 0 Å². The van der Waals surface area contributed by atoms with Crippen molar-refractivity contribution >= 4 is 6.21 Å². The molecule has 0 radical (unpaired) electrons. The summed E-state index contributed by atoms with van der Waals surface area (Å²) < 4.78 is 0. The molecule has 0 aromatic rings. The maximum Gasteiger partial charge on any atom is 0.0455 e. The largest absolute Gasteiger partial charge is 0.371 e. The van der Waals surface area contributed by atoms with Gasteiger partial charge in [0.25, 0.3) is 0 Å². The van der Waals surface area contributed by atoms with E-state index in [2.05, 4.69) is 21.8 Å². The van der Waals surface area contributed by atoms with Gasteiger partial charge in [0.05, 0.1) is 0 Å². The Balaban J connectivity index is 1.93. The van der Waals surface area contributed by atoms with Crippen LogP contribution in [0.3, 0.4) is 0 Å². The van der Waals surface area contributed by atoms with Gasteiger partial charge in [-0.15, -0.1) is 0 Å². The summed E-state index contributed by atoms with van der Waals surface area (Å²) in [6.45, 7) is 4.69. The van der Waals surface area contributed by atoms with E-state index in [4.69, 9.17) is 0 Å². The average Bonchev–Trinajstić information content (AvgIpc) is 2.20. The highest BCUT2D eigenvalue weighted by Gasteiger charge is 2.16. The van der Waals surface area contributed by atoms with E-state index in [1.54, 1.807) is 0 Å². The molecule has 0 N–H and O–H groups in total. The number of hydrogen-bond acceptors (Lipinski definition) is 3. The molecular formula is C10H17N3. The molecule has 13 heavy (non-hydrogen) atoms. The second-order valence-electron chi connectivity index (χ2n) is 3.78. The minimum absolute atomic E-state index is 1.11. The molecule has 0 atom stereocenters. The Bertz CT molecular complexity index is 224. The Morgan fingerprint density at radius 3 is 2.62 bits per heavy atom. The van der Waals surface area contributed by atoms with Crippen LogP contribution in [-0.2, 0) is 0 Å². The molecule has 1 fully saturated rings. The molecule has 0 aromatic carbocycles. The molecule has 2 aliphatic rings. The van der Waals surface area contributed by atoms with E-state index >= 15 is 0 Å². The molecule has 0 aromatic heterocycles. The van der Waals surface area contributed by atoms with Crippen LogP contribution >= 0.6 is 0 Å². The quantitative estimate of drug-likeness (QED) is 0.596. The van der Waals surface area contributed by atoms with Gasteiger partial charge in [0.1, 0.15) is 0 Å². The SMILES string of the molecule is CN1CCN(C2=CN=CCC2)CC1. The second-order valence-corrected chi connectivity index (χ2v) is 3.78. The average molecular weight is 179 g/mol. The number of nitrogens with zero attached hydrogens (tertiary/aromatic N) is 3. The van der Waals surface area contributed by atoms with Crippen molar-refractivity contribution in [2.24, 2.45) is 4.99 Å². The van der Waals surface area contributed by atoms with Crippen molar-refractivity contribution in [1.29, 1.82) is 0 Å². The van der Waals surface area contributed by atoms with Crippen LogP contribution in [0.15, 0.2) is 16.9 Å². The highest BCUT2D eigenvalue weighted by atomic mass is 15.3. The van der Waals surface area contributed by atoms with Crippen molar-refractivity contribution in [3.05, 3.63) is 11.9 Å². The summed E-state index contributed by atoms with van der Waals surface area (Å²) in [5.74, 6) is 0. The van der Waals surface area contributed by atoms with E-state index in [9.17, 15) is 0 Å². The molecule has 0 amide bonds. The van der Waals surface area contributed by atoms with E-state index in [-0.39, 0.29) is 0 Å². The van der Waals surface area contributed by atoms with Crippen LogP contribution in [-0.4, -0.2) is 49.2 Å². The topological polar surface area (TPSA) is 18.8 Å². The highest BCUT2D eigenvalue weighted by Crippen LogP contribution is 2.16. The van der Waals surface area contributed by atoms with E-state index in [1.807, 2.05) is 12.4 Å². The van der Waals surface area contributed by atoms with Crippen molar-refractivity contribution < 1.29 is 0 Å². The number of allylic oxidation sites excluding steroid dienone is 1. The third-order valence-electron chi connectivity index (χ3n) is 2.77. The minimum atomic E-state index is 1.11. The summed E-state index contributed by atoms with van der Waals surface area (Å²) in [6, 6.07) is 0. The van der Waals surface area contributed by atoms with Crippen LogP contribution in [0.1, 0.15) is 12.8 Å². The van der Waals surface area contributed by atoms with Crippen molar-refractivity contribution in [3.63, 3.8) is 0 Å². The Morgan fingerprint density at radius 1 is 1.23 bits per heavy atom. The first kappa shape index (κ1) is 8.75. The molecule has 1 saturated heterocycles. The molecule has 2 aliphatic heterocycles. The van der Waals surface area contributed by atoms with Crippen LogP contribution in [0.25, 0.3) is 0 Å². The number of likely N-dealkylation sites (N-methyl/N-ethyl adjacent to an activating group) is 1. The van der Waals surface area contributed by atoms with Crippen molar-refractivity contribution in [3.8, 4) is 0 Å². The van der Waals surface area contributed by atoms with Gasteiger partial charge in [0, 0.05) is 44.3 Å². The van der Waals surface area contributed by atoms with Gasteiger partial charge < -0.3 is 9.80 Å². The molecule has 0 spiro atoms. The van der Waals surface area contributed by atoms with E-state index in [1.165, 1.54) is 25.2 Å². The molecule has 2 rings (SSSR count). The van der Waals surface area contributed by atoms with Crippen LogP contribution in [0, 0.1) is 0 Å². The van der Waals surface area contributed by atoms with E-state index in [0.29, 0.717) is 0 Å². The molecular weight excluding hydrogens is 162 g/mol. The lowest BCUT2D eigenvalue weighted by Gasteiger charge is -2.35. The van der Waals surface area contributed by atoms with Crippen LogP contribution in [0.5, 0.6) is 0 Å². The lowest BCUT2D eigenvalue weighted by molar-refractivity contribution is 0.182. The smallest absolute Gasteiger partial charge is 0.0455 e. The minimum Gasteiger partial charge on any atom is -0.371 e. The molecule has 2 heterocycles. The normalized spacial score (nSPS) is 24.7. The Hall–Kier alpha value is -0.830. The first-order valence-corrected chi connectivity index (χ1v) is 5.00. The zero-order valence-corrected chi connectivity index (χ0v) is 8.24. The van der Waals surface area contributed by atoms with E-state index in [0.717, 1.165) is 19.5 Å². The molecule has 0 bridgehead atoms. The summed E-state index contributed by atoms with van der Waals surface area (Å²) >= 11 is 0. The van der Waals surface area contributed by atoms with E-state index < -0.39 is 0 Å². The van der Waals surface area contributed by atoms with Crippen molar-refractivity contribution in [1.82, 2.24) is 9.80 Å². The predicted octanol–water partition coefficient (Wildman–Crippen LogP) is 0.940. The second kappa shape index (κ2) is 3.92. The lowest BCUT2D eigenvalue weighted by Crippen LogP contribution is -2.43. The molecule has 0 saturated carbocycles. The van der Waals surface area contributed by atoms with Crippen LogP contribution in [0.2, 0.25) is 0 Å². The summed E-state index contributed by atoms with van der Waals surface area (Å²) in [5, 5.41) is 0. The van der Waals surface area contributed by atoms with Crippen molar-refractivity contribution in [2.75, 3.05) is 33.2 Å². The third kappa shape index (κ3) is 2.10. The molecule has 72 valence electrons. The highest BCUT2D eigenvalue weighted by molar-refractivity contribution is 5.60. The summed E-state index contributed by atoms with van der Waals surface area (Å²) in [7, 11) is 2.19. The zero-order chi connectivity index (χ0) is 9.10. The zero-order valence-electron chi connectivity index (χ0n) is 8.24. The third-order valence-corrected chi connectivity index (χ3v) is 2.77. The molecule has 0 aliphatic carbocycles. The fraction of sp³-hybridized carbons (Fsp3) is 0.700. The maximum absolute atomic E-state index is 4.21. The molecule has 3 nitrogen and oxygen atoms in total.